The fourth-order valence-corrected chi connectivity index (χ4v) is 4.08. The molecule has 0 spiro atoms. The Labute approximate surface area is 178 Å². The van der Waals surface area contributed by atoms with E-state index in [0.29, 0.717) is 0 Å². The van der Waals surface area contributed by atoms with Gasteiger partial charge >= 0.3 is 0 Å². The number of hydrogen-bond donors (Lipinski definition) is 1. The number of nitrogens with zero attached hydrogens (tertiary/aromatic N) is 4. The molecule has 30 heavy (non-hydrogen) atoms. The molecular weight excluding hydrogens is 374 g/mol. The second kappa shape index (κ2) is 8.86. The van der Waals surface area contributed by atoms with Gasteiger partial charge in [-0.25, -0.2) is 9.50 Å². The first-order chi connectivity index (χ1) is 14.6. The van der Waals surface area contributed by atoms with E-state index in [1.165, 1.54) is 11.1 Å². The Kier molecular flexibility index (Phi) is 6.02. The van der Waals surface area contributed by atoms with E-state index in [-0.39, 0.29) is 11.8 Å². The quantitative estimate of drug-likeness (QED) is 0.626. The number of carbonyl (C=O) groups excluding carboxylic acids is 1. The third-order valence-corrected chi connectivity index (χ3v) is 6.17. The highest BCUT2D eigenvalue weighted by Gasteiger charge is 2.26. The maximum absolute atomic E-state index is 12.4. The van der Waals surface area contributed by atoms with Crippen molar-refractivity contribution in [1.29, 1.82) is 0 Å². The van der Waals surface area contributed by atoms with Gasteiger partial charge in [-0.05, 0) is 56.4 Å². The van der Waals surface area contributed by atoms with Crippen molar-refractivity contribution in [3.05, 3.63) is 47.8 Å². The Morgan fingerprint density at radius 2 is 1.97 bits per heavy atom. The average Bonchev–Trinajstić information content (AvgIpc) is 3.20. The van der Waals surface area contributed by atoms with Crippen LogP contribution in [0.3, 0.4) is 0 Å². The number of nitrogens with one attached hydrogen (secondary N) is 1. The first-order valence-electron chi connectivity index (χ1n) is 11.0. The molecule has 0 bridgehead atoms. The van der Waals surface area contributed by atoms with Gasteiger partial charge in [0, 0.05) is 43.5 Å². The summed E-state index contributed by atoms with van der Waals surface area (Å²) in [6.07, 6.45) is 7.57. The van der Waals surface area contributed by atoms with Gasteiger partial charge in [0.05, 0.1) is 5.69 Å². The van der Waals surface area contributed by atoms with Gasteiger partial charge in [0.2, 0.25) is 5.91 Å². The van der Waals surface area contributed by atoms with Crippen LogP contribution in [0.1, 0.15) is 43.7 Å². The van der Waals surface area contributed by atoms with Crippen molar-refractivity contribution in [3.8, 4) is 11.3 Å². The minimum atomic E-state index is 0.105. The third kappa shape index (κ3) is 4.18. The van der Waals surface area contributed by atoms with Crippen molar-refractivity contribution >= 4 is 17.2 Å². The van der Waals surface area contributed by atoms with Gasteiger partial charge in [-0.15, -0.1) is 0 Å². The number of fused-ring (bicyclic) bond motifs is 1. The van der Waals surface area contributed by atoms with Crippen molar-refractivity contribution in [3.63, 3.8) is 0 Å². The van der Waals surface area contributed by atoms with E-state index in [4.69, 9.17) is 5.10 Å². The fraction of sp³-hybridized carbons (Fsp3) is 0.458. The Balaban J connectivity index is 1.50. The van der Waals surface area contributed by atoms with Crippen LogP contribution in [0.4, 0.5) is 5.82 Å². The normalized spacial score (nSPS) is 15.0. The van der Waals surface area contributed by atoms with Crippen LogP contribution >= 0.6 is 0 Å². The number of anilines is 1. The summed E-state index contributed by atoms with van der Waals surface area (Å²) in [7, 11) is 0. The first kappa shape index (κ1) is 20.4. The maximum atomic E-state index is 12.4. The summed E-state index contributed by atoms with van der Waals surface area (Å²) >= 11 is 0. The predicted molar refractivity (Wildman–Crippen MR) is 121 cm³/mol. The molecule has 1 aromatic carbocycles. The fourth-order valence-electron chi connectivity index (χ4n) is 4.08. The van der Waals surface area contributed by atoms with E-state index < -0.39 is 0 Å². The van der Waals surface area contributed by atoms with Crippen molar-refractivity contribution < 1.29 is 4.79 Å². The predicted octanol–water partition coefficient (Wildman–Crippen LogP) is 4.15. The van der Waals surface area contributed by atoms with Gasteiger partial charge in [0.25, 0.3) is 0 Å². The zero-order valence-electron chi connectivity index (χ0n) is 18.2. The second-order valence-corrected chi connectivity index (χ2v) is 8.32. The summed E-state index contributed by atoms with van der Waals surface area (Å²) in [5.41, 5.74) is 5.64. The lowest BCUT2D eigenvalue weighted by molar-refractivity contribution is -0.125. The molecule has 0 saturated carbocycles. The van der Waals surface area contributed by atoms with Gasteiger partial charge < -0.3 is 10.2 Å². The molecule has 6 heteroatoms. The van der Waals surface area contributed by atoms with Gasteiger partial charge in [0.1, 0.15) is 5.52 Å². The molecule has 1 amide bonds. The van der Waals surface area contributed by atoms with Crippen LogP contribution in [0.25, 0.3) is 16.8 Å². The molecule has 1 N–H and O–H groups in total. The molecule has 2 aromatic heterocycles. The molecule has 3 aromatic rings. The number of hydrogen-bond acceptors (Lipinski definition) is 4. The van der Waals surface area contributed by atoms with Crippen LogP contribution in [0.5, 0.6) is 0 Å². The summed E-state index contributed by atoms with van der Waals surface area (Å²) in [5, 5.41) is 7.86. The SMILES string of the molecule is CCCCNC(=O)C1CCN(c2nccn3nc(-c4ccc(C)c(C)c4)cc23)CC1. The van der Waals surface area contributed by atoms with Gasteiger partial charge in [-0.1, -0.05) is 25.5 Å². The Bertz CT molecular complexity index is 1030. The van der Waals surface area contributed by atoms with Crippen LogP contribution in [-0.4, -0.2) is 40.1 Å². The van der Waals surface area contributed by atoms with Crippen LogP contribution < -0.4 is 10.2 Å². The van der Waals surface area contributed by atoms with Crippen LogP contribution in [0, 0.1) is 19.8 Å². The standard InChI is InChI=1S/C24H31N5O/c1-4-5-10-26-24(30)19-8-12-28(13-9-19)23-22-16-21(27-29(22)14-11-25-23)20-7-6-17(2)18(3)15-20/h6-7,11,14-16,19H,4-5,8-10,12-13H2,1-3H3,(H,26,30). The van der Waals surface area contributed by atoms with Crippen LogP contribution in [0.2, 0.25) is 0 Å². The number of unbranched alkanes of at least 4 members (excludes halogenated alkanes) is 1. The molecule has 0 unspecified atom stereocenters. The zero-order valence-corrected chi connectivity index (χ0v) is 18.2. The Morgan fingerprint density at radius 3 is 2.70 bits per heavy atom. The topological polar surface area (TPSA) is 62.5 Å². The Morgan fingerprint density at radius 1 is 1.17 bits per heavy atom. The summed E-state index contributed by atoms with van der Waals surface area (Å²) in [4.78, 5) is 19.3. The summed E-state index contributed by atoms with van der Waals surface area (Å²) < 4.78 is 1.91. The van der Waals surface area contributed by atoms with Gasteiger partial charge in [-0.3, -0.25) is 4.79 Å². The zero-order chi connectivity index (χ0) is 21.1. The second-order valence-electron chi connectivity index (χ2n) is 8.32. The van der Waals surface area contributed by atoms with Gasteiger partial charge in [-0.2, -0.15) is 5.10 Å². The van der Waals surface area contributed by atoms with E-state index in [0.717, 1.165) is 67.9 Å². The molecule has 3 heterocycles. The number of amides is 1. The smallest absolute Gasteiger partial charge is 0.223 e. The van der Waals surface area contributed by atoms with E-state index in [1.807, 2.05) is 16.9 Å². The van der Waals surface area contributed by atoms with Crippen molar-refractivity contribution in [2.24, 2.45) is 5.92 Å². The van der Waals surface area contributed by atoms with Crippen molar-refractivity contribution in [2.45, 2.75) is 46.5 Å². The number of aryl methyl sites for hydroxylation is 2. The van der Waals surface area contributed by atoms with Gasteiger partial charge in [0.15, 0.2) is 5.82 Å². The molecule has 0 atom stereocenters. The van der Waals surface area contributed by atoms with E-state index in [9.17, 15) is 4.79 Å². The average molecular weight is 406 g/mol. The lowest BCUT2D eigenvalue weighted by atomic mass is 9.96. The largest absolute Gasteiger partial charge is 0.356 e. The molecule has 1 aliphatic rings. The van der Waals surface area contributed by atoms with E-state index in [1.54, 1.807) is 0 Å². The number of aromatic nitrogens is 3. The number of rotatable bonds is 6. The maximum Gasteiger partial charge on any atom is 0.223 e. The monoisotopic (exact) mass is 405 g/mol. The Hall–Kier alpha value is -2.89. The minimum absolute atomic E-state index is 0.105. The molecule has 158 valence electrons. The van der Waals surface area contributed by atoms with E-state index >= 15 is 0 Å². The molecule has 4 rings (SSSR count). The molecule has 1 saturated heterocycles. The number of benzene rings is 1. The molecule has 0 aliphatic carbocycles. The highest BCUT2D eigenvalue weighted by molar-refractivity contribution is 5.79. The molecule has 6 nitrogen and oxygen atoms in total. The summed E-state index contributed by atoms with van der Waals surface area (Å²) in [5.74, 6) is 1.26. The molecular formula is C24H31N5O. The van der Waals surface area contributed by atoms with Crippen molar-refractivity contribution in [2.75, 3.05) is 24.5 Å². The summed E-state index contributed by atoms with van der Waals surface area (Å²) in [6, 6.07) is 8.58. The van der Waals surface area contributed by atoms with Crippen molar-refractivity contribution in [1.82, 2.24) is 19.9 Å². The molecule has 1 fully saturated rings. The van der Waals surface area contributed by atoms with E-state index in [2.05, 4.69) is 60.2 Å². The highest BCUT2D eigenvalue weighted by Crippen LogP contribution is 2.29. The summed E-state index contributed by atoms with van der Waals surface area (Å²) in [6.45, 7) is 8.85. The number of carbonyl (C=O) groups is 1. The lowest BCUT2D eigenvalue weighted by Crippen LogP contribution is -2.41. The minimum Gasteiger partial charge on any atom is -0.356 e. The van der Waals surface area contributed by atoms with Crippen LogP contribution in [-0.2, 0) is 4.79 Å². The lowest BCUT2D eigenvalue weighted by Gasteiger charge is -2.32. The molecule has 1 aliphatic heterocycles. The molecule has 0 radical (unpaired) electrons. The third-order valence-electron chi connectivity index (χ3n) is 6.17. The first-order valence-corrected chi connectivity index (χ1v) is 11.0. The highest BCUT2D eigenvalue weighted by atomic mass is 16.1. The number of piperidine rings is 1. The van der Waals surface area contributed by atoms with Crippen LogP contribution in [0.15, 0.2) is 36.7 Å².